The fourth-order valence-corrected chi connectivity index (χ4v) is 3.06. The summed E-state index contributed by atoms with van der Waals surface area (Å²) in [5, 5.41) is 0. The van der Waals surface area contributed by atoms with Gasteiger partial charge in [-0.1, -0.05) is 0 Å². The number of sulfonamides is 1. The van der Waals surface area contributed by atoms with Gasteiger partial charge in [-0.05, 0) is 37.0 Å². The highest BCUT2D eigenvalue weighted by Gasteiger charge is 2.17. The fraction of sp³-hybridized carbons (Fsp3) is 0.500. The Morgan fingerprint density at radius 3 is 2.89 bits per heavy atom. The Hall–Kier alpha value is -0.830. The number of thioether (sulfide) groups is 1. The van der Waals surface area contributed by atoms with Crippen LogP contribution in [0.2, 0.25) is 0 Å². The molecule has 0 spiro atoms. The van der Waals surface area contributed by atoms with Crippen LogP contribution in [0.4, 0.5) is 5.82 Å². The lowest BCUT2D eigenvalue weighted by molar-refractivity contribution is 0.578. The molecular formula is C10H18N4O2S2. The highest BCUT2D eigenvalue weighted by Crippen LogP contribution is 2.16. The standard InChI is InChI=1S/C10H18N4O2S2/c1-17-8-3-2-7-13-18(15,16)9-5-4-6-12-10(9)14-11/h4-6,13H,2-3,7-8,11H2,1H3,(H,12,14). The summed E-state index contributed by atoms with van der Waals surface area (Å²) in [6.45, 7) is 0.418. The quantitative estimate of drug-likeness (QED) is 0.372. The van der Waals surface area contributed by atoms with E-state index in [0.29, 0.717) is 6.54 Å². The van der Waals surface area contributed by atoms with Gasteiger partial charge in [0.15, 0.2) is 5.82 Å². The Labute approximate surface area is 112 Å². The molecule has 0 aromatic carbocycles. The van der Waals surface area contributed by atoms with E-state index < -0.39 is 10.0 Å². The Morgan fingerprint density at radius 1 is 1.44 bits per heavy atom. The monoisotopic (exact) mass is 290 g/mol. The van der Waals surface area contributed by atoms with Crippen LogP contribution in [0.15, 0.2) is 23.2 Å². The first-order valence-electron chi connectivity index (χ1n) is 5.52. The summed E-state index contributed by atoms with van der Waals surface area (Å²) in [6, 6.07) is 3.02. The molecule has 8 heteroatoms. The number of pyridine rings is 1. The molecule has 0 bridgehead atoms. The Kier molecular flexibility index (Phi) is 6.41. The second-order valence-corrected chi connectivity index (χ2v) is 6.31. The van der Waals surface area contributed by atoms with E-state index in [1.165, 1.54) is 12.3 Å². The number of aromatic nitrogens is 1. The third kappa shape index (κ3) is 4.45. The molecule has 0 saturated carbocycles. The van der Waals surface area contributed by atoms with Crippen molar-refractivity contribution in [1.82, 2.24) is 9.71 Å². The van der Waals surface area contributed by atoms with Crippen molar-refractivity contribution in [3.63, 3.8) is 0 Å². The normalized spacial score (nSPS) is 11.4. The second kappa shape index (κ2) is 7.57. The number of hydrogen-bond donors (Lipinski definition) is 3. The molecule has 0 saturated heterocycles. The molecular weight excluding hydrogens is 272 g/mol. The van der Waals surface area contributed by atoms with Crippen molar-refractivity contribution in [1.29, 1.82) is 0 Å². The van der Waals surface area contributed by atoms with Crippen LogP contribution in [-0.4, -0.2) is 32.0 Å². The van der Waals surface area contributed by atoms with Gasteiger partial charge in [-0.15, -0.1) is 0 Å². The molecule has 0 radical (unpaired) electrons. The van der Waals surface area contributed by atoms with E-state index in [0.717, 1.165) is 18.6 Å². The Bertz CT molecular complexity index is 465. The molecule has 4 N–H and O–H groups in total. The van der Waals surface area contributed by atoms with Crippen LogP contribution in [0.25, 0.3) is 0 Å². The third-order valence-corrected chi connectivity index (χ3v) is 4.45. The van der Waals surface area contributed by atoms with Crippen LogP contribution in [0.1, 0.15) is 12.8 Å². The van der Waals surface area contributed by atoms with E-state index in [1.807, 2.05) is 6.26 Å². The predicted octanol–water partition coefficient (Wildman–Crippen LogP) is 0.789. The summed E-state index contributed by atoms with van der Waals surface area (Å²) in [7, 11) is -3.55. The van der Waals surface area contributed by atoms with Crippen molar-refractivity contribution < 1.29 is 8.42 Å². The van der Waals surface area contributed by atoms with E-state index >= 15 is 0 Å². The number of rotatable bonds is 8. The zero-order valence-electron chi connectivity index (χ0n) is 10.2. The van der Waals surface area contributed by atoms with Crippen molar-refractivity contribution in [2.24, 2.45) is 5.84 Å². The molecule has 18 heavy (non-hydrogen) atoms. The molecule has 0 fully saturated rings. The minimum Gasteiger partial charge on any atom is -0.307 e. The van der Waals surface area contributed by atoms with Gasteiger partial charge in [-0.3, -0.25) is 0 Å². The molecule has 6 nitrogen and oxygen atoms in total. The first-order valence-corrected chi connectivity index (χ1v) is 8.39. The van der Waals surface area contributed by atoms with Gasteiger partial charge < -0.3 is 5.43 Å². The van der Waals surface area contributed by atoms with E-state index in [-0.39, 0.29) is 10.7 Å². The molecule has 0 amide bonds. The highest BCUT2D eigenvalue weighted by molar-refractivity contribution is 7.98. The van der Waals surface area contributed by atoms with Crippen molar-refractivity contribution in [2.45, 2.75) is 17.7 Å². The number of nitrogen functional groups attached to an aromatic ring is 1. The molecule has 0 unspecified atom stereocenters. The molecule has 1 rings (SSSR count). The number of nitrogens with zero attached hydrogens (tertiary/aromatic N) is 1. The van der Waals surface area contributed by atoms with Gasteiger partial charge in [0.25, 0.3) is 0 Å². The van der Waals surface area contributed by atoms with Gasteiger partial charge in [0.1, 0.15) is 4.90 Å². The molecule has 1 aromatic rings. The van der Waals surface area contributed by atoms with Gasteiger partial charge in [0.2, 0.25) is 10.0 Å². The summed E-state index contributed by atoms with van der Waals surface area (Å²) in [6.07, 6.45) is 5.30. The predicted molar refractivity (Wildman–Crippen MR) is 74.9 cm³/mol. The third-order valence-electron chi connectivity index (χ3n) is 2.26. The van der Waals surface area contributed by atoms with E-state index in [2.05, 4.69) is 15.1 Å². The molecule has 0 aliphatic heterocycles. The Morgan fingerprint density at radius 2 is 2.22 bits per heavy atom. The number of hydrazine groups is 1. The van der Waals surface area contributed by atoms with Crippen molar-refractivity contribution in [3.05, 3.63) is 18.3 Å². The first kappa shape index (κ1) is 15.2. The van der Waals surface area contributed by atoms with E-state index in [1.54, 1.807) is 17.8 Å². The molecule has 0 atom stereocenters. The van der Waals surface area contributed by atoms with Crippen LogP contribution in [0, 0.1) is 0 Å². The first-order chi connectivity index (χ1) is 8.61. The smallest absolute Gasteiger partial charge is 0.244 e. The molecule has 102 valence electrons. The SMILES string of the molecule is CSCCCCNS(=O)(=O)c1cccnc1NN. The zero-order valence-corrected chi connectivity index (χ0v) is 11.9. The lowest BCUT2D eigenvalue weighted by Gasteiger charge is -2.09. The average Bonchev–Trinajstić information content (AvgIpc) is 2.38. The van der Waals surface area contributed by atoms with E-state index in [9.17, 15) is 8.42 Å². The summed E-state index contributed by atoms with van der Waals surface area (Å²) >= 11 is 1.75. The molecule has 1 heterocycles. The maximum Gasteiger partial charge on any atom is 0.244 e. The van der Waals surface area contributed by atoms with Crippen molar-refractivity contribution in [3.8, 4) is 0 Å². The summed E-state index contributed by atoms with van der Waals surface area (Å²) in [4.78, 5) is 3.93. The Balaban J connectivity index is 2.63. The van der Waals surface area contributed by atoms with Crippen LogP contribution >= 0.6 is 11.8 Å². The number of hydrogen-bond acceptors (Lipinski definition) is 6. The fourth-order valence-electron chi connectivity index (χ4n) is 1.37. The number of unbranched alkanes of at least 4 members (excludes halogenated alkanes) is 1. The van der Waals surface area contributed by atoms with Gasteiger partial charge >= 0.3 is 0 Å². The lowest BCUT2D eigenvalue weighted by Crippen LogP contribution is -2.26. The number of nitrogens with one attached hydrogen (secondary N) is 2. The summed E-state index contributed by atoms with van der Waals surface area (Å²) in [5.74, 6) is 6.41. The topological polar surface area (TPSA) is 97.1 Å². The van der Waals surface area contributed by atoms with Crippen LogP contribution in [-0.2, 0) is 10.0 Å². The second-order valence-electron chi connectivity index (χ2n) is 3.59. The molecule has 1 aromatic heterocycles. The largest absolute Gasteiger partial charge is 0.307 e. The summed E-state index contributed by atoms with van der Waals surface area (Å²) in [5.41, 5.74) is 2.28. The van der Waals surface area contributed by atoms with Crippen LogP contribution in [0.5, 0.6) is 0 Å². The summed E-state index contributed by atoms with van der Waals surface area (Å²) < 4.78 is 26.5. The maximum atomic E-state index is 12.0. The van der Waals surface area contributed by atoms with Crippen LogP contribution in [0.3, 0.4) is 0 Å². The van der Waals surface area contributed by atoms with Gasteiger partial charge in [-0.2, -0.15) is 11.8 Å². The minimum atomic E-state index is -3.55. The molecule has 0 aliphatic carbocycles. The number of nitrogens with two attached hydrogens (primary N) is 1. The van der Waals surface area contributed by atoms with Gasteiger partial charge in [0, 0.05) is 12.7 Å². The van der Waals surface area contributed by atoms with Crippen molar-refractivity contribution in [2.75, 3.05) is 24.0 Å². The van der Waals surface area contributed by atoms with E-state index in [4.69, 9.17) is 5.84 Å². The lowest BCUT2D eigenvalue weighted by atomic mass is 10.3. The van der Waals surface area contributed by atoms with Crippen molar-refractivity contribution >= 4 is 27.6 Å². The minimum absolute atomic E-state index is 0.0670. The maximum absolute atomic E-state index is 12.0. The average molecular weight is 290 g/mol. The highest BCUT2D eigenvalue weighted by atomic mass is 32.2. The number of anilines is 1. The van der Waals surface area contributed by atoms with Gasteiger partial charge in [0.05, 0.1) is 0 Å². The van der Waals surface area contributed by atoms with Crippen LogP contribution < -0.4 is 16.0 Å². The zero-order chi connectivity index (χ0) is 13.4. The molecule has 0 aliphatic rings. The van der Waals surface area contributed by atoms with Gasteiger partial charge in [-0.25, -0.2) is 24.0 Å².